The third-order valence-electron chi connectivity index (χ3n) is 3.64. The number of rotatable bonds is 2. The first-order valence-corrected chi connectivity index (χ1v) is 6.61. The fourth-order valence-corrected chi connectivity index (χ4v) is 2.48. The molecule has 0 amide bonds. The zero-order chi connectivity index (χ0) is 11.1. The Balaban J connectivity index is 0.000000791. The van der Waals surface area contributed by atoms with E-state index in [0.717, 1.165) is 23.7 Å². The van der Waals surface area contributed by atoms with Gasteiger partial charge in [-0.3, -0.25) is 0 Å². The Morgan fingerprint density at radius 2 is 1.14 bits per heavy atom. The molecule has 1 aliphatic carbocycles. The average molecular weight is 198 g/mol. The Morgan fingerprint density at radius 1 is 0.786 bits per heavy atom. The van der Waals surface area contributed by atoms with Gasteiger partial charge in [0.25, 0.3) is 0 Å². The highest BCUT2D eigenvalue weighted by Crippen LogP contribution is 2.36. The van der Waals surface area contributed by atoms with Gasteiger partial charge in [0.15, 0.2) is 0 Å². The van der Waals surface area contributed by atoms with Gasteiger partial charge < -0.3 is 0 Å². The molecule has 0 N–H and O–H groups in total. The lowest BCUT2D eigenvalue weighted by Crippen LogP contribution is -2.22. The van der Waals surface area contributed by atoms with E-state index >= 15 is 0 Å². The van der Waals surface area contributed by atoms with E-state index in [-0.39, 0.29) is 0 Å². The summed E-state index contributed by atoms with van der Waals surface area (Å²) in [5.74, 6) is 3.86. The standard InChI is InChI=1S/C12H24.C2H6/c1-9(2)11-6-5-7-12(8-11)10(3)4;1-2/h9-12H,5-8H2,1-4H3;1-2H3/t11-,12+;. The smallest absolute Gasteiger partial charge is 0.0388 e. The van der Waals surface area contributed by atoms with Crippen molar-refractivity contribution >= 4 is 0 Å². The van der Waals surface area contributed by atoms with Crippen LogP contribution in [0.15, 0.2) is 0 Å². The Morgan fingerprint density at radius 3 is 1.43 bits per heavy atom. The fourth-order valence-electron chi connectivity index (χ4n) is 2.48. The van der Waals surface area contributed by atoms with Crippen molar-refractivity contribution in [3.05, 3.63) is 0 Å². The van der Waals surface area contributed by atoms with Crippen LogP contribution in [0.3, 0.4) is 0 Å². The van der Waals surface area contributed by atoms with Crippen LogP contribution in [0.5, 0.6) is 0 Å². The first-order chi connectivity index (χ1) is 6.61. The van der Waals surface area contributed by atoms with Gasteiger partial charge in [0.2, 0.25) is 0 Å². The normalized spacial score (nSPS) is 27.4. The molecule has 86 valence electrons. The monoisotopic (exact) mass is 198 g/mol. The SMILES string of the molecule is CC.CC(C)[C@@H]1CCC[C@H](C(C)C)C1. The zero-order valence-corrected chi connectivity index (χ0v) is 11.1. The molecule has 0 aliphatic heterocycles. The Hall–Kier alpha value is 0. The predicted molar refractivity (Wildman–Crippen MR) is 66.5 cm³/mol. The van der Waals surface area contributed by atoms with Crippen LogP contribution < -0.4 is 0 Å². The van der Waals surface area contributed by atoms with E-state index in [4.69, 9.17) is 0 Å². The van der Waals surface area contributed by atoms with Crippen LogP contribution in [-0.2, 0) is 0 Å². The van der Waals surface area contributed by atoms with E-state index in [1.807, 2.05) is 13.8 Å². The summed E-state index contributed by atoms with van der Waals surface area (Å²) < 4.78 is 0. The lowest BCUT2D eigenvalue weighted by atomic mass is 9.72. The van der Waals surface area contributed by atoms with Crippen LogP contribution in [0.1, 0.15) is 67.2 Å². The topological polar surface area (TPSA) is 0 Å². The molecular weight excluding hydrogens is 168 g/mol. The molecule has 0 heterocycles. The minimum absolute atomic E-state index is 0.909. The summed E-state index contributed by atoms with van der Waals surface area (Å²) in [7, 11) is 0. The van der Waals surface area contributed by atoms with Crippen molar-refractivity contribution in [2.75, 3.05) is 0 Å². The van der Waals surface area contributed by atoms with Gasteiger partial charge in [-0.15, -0.1) is 0 Å². The molecule has 1 fully saturated rings. The van der Waals surface area contributed by atoms with Crippen molar-refractivity contribution in [2.24, 2.45) is 23.7 Å². The maximum absolute atomic E-state index is 2.38. The van der Waals surface area contributed by atoms with Gasteiger partial charge in [0.05, 0.1) is 0 Å². The van der Waals surface area contributed by atoms with Crippen molar-refractivity contribution in [1.82, 2.24) is 0 Å². The van der Waals surface area contributed by atoms with Crippen LogP contribution in [0.4, 0.5) is 0 Å². The van der Waals surface area contributed by atoms with Crippen molar-refractivity contribution < 1.29 is 0 Å². The van der Waals surface area contributed by atoms with Crippen LogP contribution in [-0.4, -0.2) is 0 Å². The summed E-state index contributed by atoms with van der Waals surface area (Å²) in [6, 6.07) is 0. The third-order valence-corrected chi connectivity index (χ3v) is 3.64. The third kappa shape index (κ3) is 4.48. The van der Waals surface area contributed by atoms with Crippen LogP contribution in [0.2, 0.25) is 0 Å². The quantitative estimate of drug-likeness (QED) is 0.577. The van der Waals surface area contributed by atoms with Crippen molar-refractivity contribution in [1.29, 1.82) is 0 Å². The van der Waals surface area contributed by atoms with Gasteiger partial charge in [-0.05, 0) is 30.1 Å². The second-order valence-electron chi connectivity index (χ2n) is 5.17. The van der Waals surface area contributed by atoms with Crippen LogP contribution in [0.25, 0.3) is 0 Å². The van der Waals surface area contributed by atoms with Gasteiger partial charge in [0.1, 0.15) is 0 Å². The molecule has 1 aliphatic rings. The molecule has 0 radical (unpaired) electrons. The van der Waals surface area contributed by atoms with Crippen LogP contribution in [0, 0.1) is 23.7 Å². The summed E-state index contributed by atoms with van der Waals surface area (Å²) in [5.41, 5.74) is 0. The summed E-state index contributed by atoms with van der Waals surface area (Å²) in [4.78, 5) is 0. The first kappa shape index (κ1) is 14.0. The average Bonchev–Trinajstić information content (AvgIpc) is 2.21. The lowest BCUT2D eigenvalue weighted by molar-refractivity contribution is 0.177. The highest BCUT2D eigenvalue weighted by molar-refractivity contribution is 4.76. The maximum Gasteiger partial charge on any atom is -0.0388 e. The Bertz CT molecular complexity index is 110. The molecule has 0 aromatic heterocycles. The summed E-state index contributed by atoms with van der Waals surface area (Å²) in [6.45, 7) is 13.5. The maximum atomic E-state index is 2.38. The van der Waals surface area contributed by atoms with E-state index in [2.05, 4.69) is 27.7 Å². The van der Waals surface area contributed by atoms with E-state index in [9.17, 15) is 0 Å². The summed E-state index contributed by atoms with van der Waals surface area (Å²) in [5, 5.41) is 0. The molecule has 0 heteroatoms. The molecule has 1 rings (SSSR count). The molecule has 0 nitrogen and oxygen atoms in total. The molecule has 2 atom stereocenters. The van der Waals surface area contributed by atoms with Crippen molar-refractivity contribution in [3.8, 4) is 0 Å². The van der Waals surface area contributed by atoms with Gasteiger partial charge in [-0.1, -0.05) is 60.8 Å². The number of hydrogen-bond acceptors (Lipinski definition) is 0. The highest BCUT2D eigenvalue weighted by atomic mass is 14.3. The van der Waals surface area contributed by atoms with Crippen LogP contribution >= 0.6 is 0 Å². The van der Waals surface area contributed by atoms with Gasteiger partial charge in [-0.2, -0.15) is 0 Å². The first-order valence-electron chi connectivity index (χ1n) is 6.61. The van der Waals surface area contributed by atoms with E-state index in [1.54, 1.807) is 0 Å². The van der Waals surface area contributed by atoms with E-state index in [1.165, 1.54) is 25.7 Å². The molecule has 0 bridgehead atoms. The minimum atomic E-state index is 0.909. The molecule has 0 spiro atoms. The zero-order valence-electron chi connectivity index (χ0n) is 11.1. The highest BCUT2D eigenvalue weighted by Gasteiger charge is 2.25. The largest absolute Gasteiger partial charge is 0.0683 e. The second-order valence-corrected chi connectivity index (χ2v) is 5.17. The fraction of sp³-hybridized carbons (Fsp3) is 1.00. The summed E-state index contributed by atoms with van der Waals surface area (Å²) in [6.07, 6.45) is 5.95. The lowest BCUT2D eigenvalue weighted by Gasteiger charge is -2.33. The van der Waals surface area contributed by atoms with Gasteiger partial charge in [-0.25, -0.2) is 0 Å². The molecule has 0 aromatic carbocycles. The molecule has 0 unspecified atom stereocenters. The molecule has 0 aromatic rings. The molecular formula is C14H30. The van der Waals surface area contributed by atoms with E-state index in [0.29, 0.717) is 0 Å². The Labute approximate surface area is 91.5 Å². The molecule has 14 heavy (non-hydrogen) atoms. The van der Waals surface area contributed by atoms with E-state index < -0.39 is 0 Å². The molecule has 0 saturated heterocycles. The van der Waals surface area contributed by atoms with Gasteiger partial charge >= 0.3 is 0 Å². The molecule has 1 saturated carbocycles. The Kier molecular flexibility index (Phi) is 7.31. The van der Waals surface area contributed by atoms with Crippen molar-refractivity contribution in [2.45, 2.75) is 67.2 Å². The second kappa shape index (κ2) is 7.31. The predicted octanol–water partition coefficient (Wildman–Crippen LogP) is 5.13. The number of hydrogen-bond donors (Lipinski definition) is 0. The van der Waals surface area contributed by atoms with Gasteiger partial charge in [0, 0.05) is 0 Å². The van der Waals surface area contributed by atoms with Crippen molar-refractivity contribution in [3.63, 3.8) is 0 Å². The minimum Gasteiger partial charge on any atom is -0.0683 e. The summed E-state index contributed by atoms with van der Waals surface area (Å²) >= 11 is 0.